The number of carbonyl (C=O) groups excluding carboxylic acids is 1. The second kappa shape index (κ2) is 8.63. The zero-order valence-corrected chi connectivity index (χ0v) is 17.9. The number of aromatic nitrogens is 2. The van der Waals surface area contributed by atoms with E-state index in [0.717, 1.165) is 16.3 Å². The van der Waals surface area contributed by atoms with E-state index in [1.165, 1.54) is 30.3 Å². The lowest BCUT2D eigenvalue weighted by Gasteiger charge is -2.11. The molecule has 0 saturated heterocycles. The lowest BCUT2D eigenvalue weighted by atomic mass is 10.1. The van der Waals surface area contributed by atoms with Gasteiger partial charge in [-0.25, -0.2) is 4.68 Å². The van der Waals surface area contributed by atoms with Gasteiger partial charge in [0.25, 0.3) is 5.91 Å². The Balaban J connectivity index is 1.69. The zero-order chi connectivity index (χ0) is 23.8. The van der Waals surface area contributed by atoms with Crippen LogP contribution in [-0.4, -0.2) is 20.8 Å². The normalized spacial score (nSPS) is 11.4. The third-order valence-electron chi connectivity index (χ3n) is 4.92. The number of para-hydroxylation sites is 1. The van der Waals surface area contributed by atoms with E-state index < -0.39 is 17.8 Å². The summed E-state index contributed by atoms with van der Waals surface area (Å²) in [6.45, 7) is 1.82. The zero-order valence-electron chi connectivity index (χ0n) is 17.2. The predicted octanol–water partition coefficient (Wildman–Crippen LogP) is 6.48. The van der Waals surface area contributed by atoms with E-state index in [1.807, 2.05) is 6.92 Å². The van der Waals surface area contributed by atoms with E-state index >= 15 is 0 Å². The number of carbonyl (C=O) groups is 1. The molecule has 0 atom stereocenters. The minimum atomic E-state index is -4.64. The molecule has 0 spiro atoms. The first kappa shape index (κ1) is 22.4. The summed E-state index contributed by atoms with van der Waals surface area (Å²) in [5.74, 6) is -0.549. The van der Waals surface area contributed by atoms with Crippen molar-refractivity contribution >= 4 is 23.2 Å². The van der Waals surface area contributed by atoms with E-state index in [1.54, 1.807) is 36.4 Å². The number of hydrogen-bond donors (Lipinski definition) is 2. The molecule has 1 heterocycles. The minimum Gasteiger partial charge on any atom is -0.506 e. The molecular weight excluding hydrogens is 455 g/mol. The highest BCUT2D eigenvalue weighted by atomic mass is 35.5. The number of amides is 1. The molecule has 4 aromatic rings. The lowest BCUT2D eigenvalue weighted by Crippen LogP contribution is -2.12. The van der Waals surface area contributed by atoms with Gasteiger partial charge in [0, 0.05) is 11.1 Å². The molecule has 2 N–H and O–H groups in total. The molecule has 0 unspecified atom stereocenters. The summed E-state index contributed by atoms with van der Waals surface area (Å²) in [6.07, 6.45) is -4.64. The average molecular weight is 472 g/mol. The molecular formula is C24H17ClF3N3O2. The first-order valence-electron chi connectivity index (χ1n) is 9.77. The molecule has 1 amide bonds. The molecule has 3 aromatic carbocycles. The molecule has 168 valence electrons. The quantitative estimate of drug-likeness (QED) is 0.335. The number of aromatic hydroxyl groups is 1. The molecule has 0 aliphatic heterocycles. The first-order valence-corrected chi connectivity index (χ1v) is 10.1. The van der Waals surface area contributed by atoms with Crippen molar-refractivity contribution in [1.29, 1.82) is 0 Å². The number of aryl methyl sites for hydroxylation is 1. The Morgan fingerprint density at radius 1 is 1.03 bits per heavy atom. The second-order valence-corrected chi connectivity index (χ2v) is 7.74. The van der Waals surface area contributed by atoms with Crippen LogP contribution in [0.2, 0.25) is 5.02 Å². The van der Waals surface area contributed by atoms with Crippen LogP contribution in [0.25, 0.3) is 16.9 Å². The van der Waals surface area contributed by atoms with Gasteiger partial charge in [0.15, 0.2) is 5.69 Å². The summed E-state index contributed by atoms with van der Waals surface area (Å²) in [5, 5.41) is 16.5. The largest absolute Gasteiger partial charge is 0.506 e. The van der Waals surface area contributed by atoms with Gasteiger partial charge in [-0.2, -0.15) is 18.3 Å². The molecule has 33 heavy (non-hydrogen) atoms. The van der Waals surface area contributed by atoms with Crippen LogP contribution in [0.15, 0.2) is 72.8 Å². The number of nitrogens with zero attached hydrogens (tertiary/aromatic N) is 2. The van der Waals surface area contributed by atoms with Crippen LogP contribution in [0.3, 0.4) is 0 Å². The Morgan fingerprint density at radius 2 is 1.73 bits per heavy atom. The predicted molar refractivity (Wildman–Crippen MR) is 120 cm³/mol. The number of hydrogen-bond acceptors (Lipinski definition) is 3. The van der Waals surface area contributed by atoms with E-state index in [9.17, 15) is 23.1 Å². The number of alkyl halides is 3. The van der Waals surface area contributed by atoms with E-state index in [0.29, 0.717) is 11.3 Å². The number of halogens is 4. The Kier molecular flexibility index (Phi) is 5.86. The van der Waals surface area contributed by atoms with Crippen LogP contribution in [0.1, 0.15) is 21.6 Å². The van der Waals surface area contributed by atoms with Gasteiger partial charge in [0.1, 0.15) is 5.75 Å². The molecule has 0 fully saturated rings. The number of phenols is 1. The number of rotatable bonds is 4. The standard InChI is InChI=1S/C24H17ClF3N3O2/c1-14-6-11-21(32)18(12-14)29-23(33)16-9-7-15(8-10-16)20-13-22(24(26,27)28)30-31(20)19-5-3-2-4-17(19)25/h2-13,32H,1H3,(H,29,33). The molecule has 0 aliphatic rings. The molecule has 0 radical (unpaired) electrons. The third kappa shape index (κ3) is 4.70. The molecule has 0 bridgehead atoms. The third-order valence-corrected chi connectivity index (χ3v) is 5.24. The Morgan fingerprint density at radius 3 is 2.39 bits per heavy atom. The SMILES string of the molecule is Cc1ccc(O)c(NC(=O)c2ccc(-c3cc(C(F)(F)F)nn3-c3ccccc3Cl)cc2)c1. The highest BCUT2D eigenvalue weighted by Gasteiger charge is 2.35. The van der Waals surface area contributed by atoms with Crippen molar-refractivity contribution < 1.29 is 23.1 Å². The molecule has 0 aliphatic carbocycles. The van der Waals surface area contributed by atoms with Gasteiger partial charge < -0.3 is 10.4 Å². The summed E-state index contributed by atoms with van der Waals surface area (Å²) in [7, 11) is 0. The Bertz CT molecular complexity index is 1330. The average Bonchev–Trinajstić information content (AvgIpc) is 3.22. The maximum Gasteiger partial charge on any atom is 0.435 e. The topological polar surface area (TPSA) is 67.2 Å². The summed E-state index contributed by atoms with van der Waals surface area (Å²) < 4.78 is 41.2. The summed E-state index contributed by atoms with van der Waals surface area (Å²) in [6, 6.07) is 18.2. The highest BCUT2D eigenvalue weighted by molar-refractivity contribution is 6.32. The highest BCUT2D eigenvalue weighted by Crippen LogP contribution is 2.34. The van der Waals surface area contributed by atoms with E-state index in [2.05, 4.69) is 10.4 Å². The molecule has 4 rings (SSSR count). The van der Waals surface area contributed by atoms with Gasteiger partial charge in [0.05, 0.1) is 22.1 Å². The van der Waals surface area contributed by atoms with Crippen LogP contribution < -0.4 is 5.32 Å². The van der Waals surface area contributed by atoms with Gasteiger partial charge in [-0.1, -0.05) is 41.9 Å². The maximum atomic E-state index is 13.4. The monoisotopic (exact) mass is 471 g/mol. The number of benzene rings is 3. The fourth-order valence-corrected chi connectivity index (χ4v) is 3.49. The summed E-state index contributed by atoms with van der Waals surface area (Å²) >= 11 is 6.19. The molecule has 0 saturated carbocycles. The maximum absolute atomic E-state index is 13.4. The molecule has 9 heteroatoms. The second-order valence-electron chi connectivity index (χ2n) is 7.33. The first-order chi connectivity index (χ1) is 15.6. The van der Waals surface area contributed by atoms with Crippen LogP contribution in [0, 0.1) is 6.92 Å². The summed E-state index contributed by atoms with van der Waals surface area (Å²) in [5.41, 5.74) is 1.18. The van der Waals surface area contributed by atoms with Crippen LogP contribution in [0.4, 0.5) is 18.9 Å². The van der Waals surface area contributed by atoms with Crippen molar-refractivity contribution in [2.75, 3.05) is 5.32 Å². The van der Waals surface area contributed by atoms with Crippen molar-refractivity contribution in [2.45, 2.75) is 13.1 Å². The fraction of sp³-hybridized carbons (Fsp3) is 0.0833. The van der Waals surface area contributed by atoms with Gasteiger partial charge in [-0.3, -0.25) is 4.79 Å². The summed E-state index contributed by atoms with van der Waals surface area (Å²) in [4.78, 5) is 12.6. The van der Waals surface area contributed by atoms with Gasteiger partial charge >= 0.3 is 6.18 Å². The van der Waals surface area contributed by atoms with Crippen molar-refractivity contribution in [3.8, 4) is 22.7 Å². The van der Waals surface area contributed by atoms with Crippen LogP contribution in [-0.2, 0) is 6.18 Å². The van der Waals surface area contributed by atoms with Crippen LogP contribution >= 0.6 is 11.6 Å². The van der Waals surface area contributed by atoms with Gasteiger partial charge in [-0.05, 0) is 55.0 Å². The van der Waals surface area contributed by atoms with Gasteiger partial charge in [0.2, 0.25) is 0 Å². The van der Waals surface area contributed by atoms with Crippen molar-refractivity contribution in [2.24, 2.45) is 0 Å². The van der Waals surface area contributed by atoms with Gasteiger partial charge in [-0.15, -0.1) is 0 Å². The van der Waals surface area contributed by atoms with Crippen molar-refractivity contribution in [1.82, 2.24) is 9.78 Å². The Labute approximate surface area is 192 Å². The molecule has 1 aromatic heterocycles. The Hall–Kier alpha value is -3.78. The van der Waals surface area contributed by atoms with Crippen molar-refractivity contribution in [3.05, 3.63) is 94.6 Å². The smallest absolute Gasteiger partial charge is 0.435 e. The van der Waals surface area contributed by atoms with E-state index in [4.69, 9.17) is 11.6 Å². The number of anilines is 1. The minimum absolute atomic E-state index is 0.0751. The van der Waals surface area contributed by atoms with Crippen molar-refractivity contribution in [3.63, 3.8) is 0 Å². The molecule has 5 nitrogen and oxygen atoms in total. The van der Waals surface area contributed by atoms with E-state index in [-0.39, 0.29) is 27.7 Å². The lowest BCUT2D eigenvalue weighted by molar-refractivity contribution is -0.141. The van der Waals surface area contributed by atoms with Crippen LogP contribution in [0.5, 0.6) is 5.75 Å². The number of phenolic OH excluding ortho intramolecular Hbond substituents is 1. The fourth-order valence-electron chi connectivity index (χ4n) is 3.27. The number of nitrogens with one attached hydrogen (secondary N) is 1.